The van der Waals surface area contributed by atoms with E-state index in [1.807, 2.05) is 54.3 Å². The summed E-state index contributed by atoms with van der Waals surface area (Å²) >= 11 is 0. The van der Waals surface area contributed by atoms with Crippen LogP contribution in [0.3, 0.4) is 0 Å². The van der Waals surface area contributed by atoms with Gasteiger partial charge >= 0.3 is 0 Å². The van der Waals surface area contributed by atoms with Crippen LogP contribution >= 0.6 is 0 Å². The Bertz CT molecular complexity index is 802. The van der Waals surface area contributed by atoms with Crippen molar-refractivity contribution in [2.75, 3.05) is 45.9 Å². The van der Waals surface area contributed by atoms with Gasteiger partial charge in [-0.2, -0.15) is 0 Å². The van der Waals surface area contributed by atoms with E-state index in [4.69, 9.17) is 4.74 Å². The molecule has 2 amide bonds. The molecule has 0 bridgehead atoms. The Labute approximate surface area is 172 Å². The highest BCUT2D eigenvalue weighted by molar-refractivity contribution is 5.79. The number of piperazine rings is 1. The number of rotatable bonds is 8. The number of nitrogens with one attached hydrogen (secondary N) is 1. The van der Waals surface area contributed by atoms with Crippen LogP contribution in [0, 0.1) is 0 Å². The van der Waals surface area contributed by atoms with Crippen molar-refractivity contribution in [3.8, 4) is 5.75 Å². The molecule has 0 aliphatic carbocycles. The summed E-state index contributed by atoms with van der Waals surface area (Å²) in [5.41, 5.74) is 2.27. The van der Waals surface area contributed by atoms with Gasteiger partial charge in [0.25, 0.3) is 5.91 Å². The highest BCUT2D eigenvalue weighted by atomic mass is 16.5. The fourth-order valence-electron chi connectivity index (χ4n) is 3.45. The fourth-order valence-corrected chi connectivity index (χ4v) is 3.45. The van der Waals surface area contributed by atoms with Gasteiger partial charge in [0.1, 0.15) is 5.75 Å². The molecule has 29 heavy (non-hydrogen) atoms. The first kappa shape index (κ1) is 20.9. The van der Waals surface area contributed by atoms with E-state index in [-0.39, 0.29) is 18.4 Å². The first-order valence-electron chi connectivity index (χ1n) is 10.2. The van der Waals surface area contributed by atoms with Gasteiger partial charge in [-0.05, 0) is 24.1 Å². The Morgan fingerprint density at radius 2 is 1.66 bits per heavy atom. The zero-order chi connectivity index (χ0) is 20.5. The maximum absolute atomic E-state index is 12.6. The van der Waals surface area contributed by atoms with Crippen LogP contribution in [0.25, 0.3) is 0 Å². The van der Waals surface area contributed by atoms with Crippen LogP contribution < -0.4 is 10.1 Å². The predicted octanol–water partition coefficient (Wildman–Crippen LogP) is 1.94. The maximum atomic E-state index is 12.6. The van der Waals surface area contributed by atoms with Crippen LogP contribution in [0.2, 0.25) is 0 Å². The number of hydrogen-bond acceptors (Lipinski definition) is 4. The Kier molecular flexibility index (Phi) is 7.64. The second-order valence-electron chi connectivity index (χ2n) is 7.17. The monoisotopic (exact) mass is 395 g/mol. The molecule has 0 spiro atoms. The first-order chi connectivity index (χ1) is 14.2. The van der Waals surface area contributed by atoms with Crippen molar-refractivity contribution in [2.24, 2.45) is 0 Å². The van der Waals surface area contributed by atoms with Gasteiger partial charge in [0.2, 0.25) is 5.91 Å². The van der Waals surface area contributed by atoms with Crippen molar-refractivity contribution in [1.29, 1.82) is 0 Å². The first-order valence-corrected chi connectivity index (χ1v) is 10.2. The fraction of sp³-hybridized carbons (Fsp3) is 0.391. The third-order valence-electron chi connectivity index (χ3n) is 5.03. The topological polar surface area (TPSA) is 61.9 Å². The van der Waals surface area contributed by atoms with Gasteiger partial charge in [0.05, 0.1) is 6.54 Å². The van der Waals surface area contributed by atoms with Crippen molar-refractivity contribution < 1.29 is 14.3 Å². The molecule has 0 atom stereocenters. The Morgan fingerprint density at radius 1 is 0.966 bits per heavy atom. The highest BCUT2D eigenvalue weighted by Gasteiger charge is 2.22. The average molecular weight is 396 g/mol. The molecule has 1 aliphatic heterocycles. The summed E-state index contributed by atoms with van der Waals surface area (Å²) in [5, 5.41) is 2.81. The van der Waals surface area contributed by atoms with Crippen LogP contribution in [-0.4, -0.2) is 67.5 Å². The second-order valence-corrected chi connectivity index (χ2v) is 7.17. The van der Waals surface area contributed by atoms with E-state index in [1.165, 1.54) is 5.56 Å². The summed E-state index contributed by atoms with van der Waals surface area (Å²) in [7, 11) is 0. The number of benzene rings is 2. The minimum absolute atomic E-state index is 0.0165. The molecule has 1 N–H and O–H groups in total. The number of nitrogens with zero attached hydrogens (tertiary/aromatic N) is 2. The van der Waals surface area contributed by atoms with Crippen LogP contribution in [0.15, 0.2) is 54.6 Å². The number of carbonyl (C=O) groups is 2. The second kappa shape index (κ2) is 10.6. The smallest absolute Gasteiger partial charge is 0.260 e. The molecular formula is C23H29N3O3. The average Bonchev–Trinajstić information content (AvgIpc) is 2.74. The lowest BCUT2D eigenvalue weighted by atomic mass is 10.0. The number of ether oxygens (including phenoxy) is 1. The van der Waals surface area contributed by atoms with E-state index in [1.54, 1.807) is 0 Å². The van der Waals surface area contributed by atoms with E-state index in [0.29, 0.717) is 39.3 Å². The number of amides is 2. The number of carbonyl (C=O) groups excluding carboxylic acids is 2. The van der Waals surface area contributed by atoms with E-state index >= 15 is 0 Å². The molecular weight excluding hydrogens is 366 g/mol. The summed E-state index contributed by atoms with van der Waals surface area (Å²) in [6.45, 7) is 5.61. The molecule has 0 aromatic heterocycles. The van der Waals surface area contributed by atoms with Gasteiger partial charge < -0.3 is 15.0 Å². The van der Waals surface area contributed by atoms with E-state index in [2.05, 4.69) is 22.3 Å². The lowest BCUT2D eigenvalue weighted by molar-refractivity contribution is -0.135. The summed E-state index contributed by atoms with van der Waals surface area (Å²) in [5.74, 6) is 0.766. The Morgan fingerprint density at radius 3 is 2.38 bits per heavy atom. The summed E-state index contributed by atoms with van der Waals surface area (Å²) < 4.78 is 5.88. The summed E-state index contributed by atoms with van der Waals surface area (Å²) in [6.07, 6.45) is 0.768. The van der Waals surface area contributed by atoms with Crippen LogP contribution in [0.5, 0.6) is 5.75 Å². The summed E-state index contributed by atoms with van der Waals surface area (Å²) in [6, 6.07) is 18.1. The molecule has 154 valence electrons. The Balaban J connectivity index is 1.48. The predicted molar refractivity (Wildman–Crippen MR) is 113 cm³/mol. The zero-order valence-electron chi connectivity index (χ0n) is 17.0. The van der Waals surface area contributed by atoms with Gasteiger partial charge in [-0.25, -0.2) is 0 Å². The molecule has 1 fully saturated rings. The molecule has 3 rings (SSSR count). The largest absolute Gasteiger partial charge is 0.483 e. The standard InChI is InChI=1S/C23H29N3O3/c1-2-24-22(27)17-25-12-14-26(15-13-25)23(28)18-29-21-11-7-6-10-20(21)16-19-8-4-3-5-9-19/h3-11H,2,12-18H2,1H3,(H,24,27). The zero-order valence-corrected chi connectivity index (χ0v) is 17.0. The molecule has 0 unspecified atom stereocenters. The minimum atomic E-state index is -0.0165. The molecule has 2 aromatic carbocycles. The third kappa shape index (κ3) is 6.32. The van der Waals surface area contributed by atoms with Crippen molar-refractivity contribution in [3.63, 3.8) is 0 Å². The van der Waals surface area contributed by atoms with Crippen LogP contribution in [0.4, 0.5) is 0 Å². The van der Waals surface area contributed by atoms with Crippen LogP contribution in [-0.2, 0) is 16.0 Å². The van der Waals surface area contributed by atoms with Gasteiger partial charge in [0.15, 0.2) is 6.61 Å². The SMILES string of the molecule is CCNC(=O)CN1CCN(C(=O)COc2ccccc2Cc2ccccc2)CC1. The van der Waals surface area contributed by atoms with Crippen molar-refractivity contribution in [1.82, 2.24) is 15.1 Å². The van der Waals surface area contributed by atoms with E-state index in [0.717, 1.165) is 17.7 Å². The van der Waals surface area contributed by atoms with Gasteiger partial charge in [-0.15, -0.1) is 0 Å². The number of hydrogen-bond donors (Lipinski definition) is 1. The van der Waals surface area contributed by atoms with E-state index < -0.39 is 0 Å². The highest BCUT2D eigenvalue weighted by Crippen LogP contribution is 2.21. The minimum Gasteiger partial charge on any atom is -0.483 e. The number of likely N-dealkylation sites (N-methyl/N-ethyl adjacent to an activating group) is 1. The third-order valence-corrected chi connectivity index (χ3v) is 5.03. The Hall–Kier alpha value is -2.86. The van der Waals surface area contributed by atoms with Crippen LogP contribution in [0.1, 0.15) is 18.1 Å². The van der Waals surface area contributed by atoms with E-state index in [9.17, 15) is 9.59 Å². The number of para-hydroxylation sites is 1. The molecule has 1 heterocycles. The maximum Gasteiger partial charge on any atom is 0.260 e. The quantitative estimate of drug-likeness (QED) is 0.742. The van der Waals surface area contributed by atoms with Crippen molar-refractivity contribution in [3.05, 3.63) is 65.7 Å². The lowest BCUT2D eigenvalue weighted by Gasteiger charge is -2.34. The van der Waals surface area contributed by atoms with Gasteiger partial charge in [-0.1, -0.05) is 48.5 Å². The van der Waals surface area contributed by atoms with Crippen molar-refractivity contribution in [2.45, 2.75) is 13.3 Å². The summed E-state index contributed by atoms with van der Waals surface area (Å²) in [4.78, 5) is 28.2. The molecule has 0 radical (unpaired) electrons. The van der Waals surface area contributed by atoms with Gasteiger partial charge in [-0.3, -0.25) is 14.5 Å². The lowest BCUT2D eigenvalue weighted by Crippen LogP contribution is -2.52. The molecule has 1 aliphatic rings. The molecule has 1 saturated heterocycles. The molecule has 2 aromatic rings. The molecule has 0 saturated carbocycles. The van der Waals surface area contributed by atoms with Gasteiger partial charge in [0, 0.05) is 39.1 Å². The van der Waals surface area contributed by atoms with Crippen molar-refractivity contribution >= 4 is 11.8 Å². The molecule has 6 heteroatoms. The normalized spacial score (nSPS) is 14.4. The molecule has 6 nitrogen and oxygen atoms in total.